The Balaban J connectivity index is 1.45. The van der Waals surface area contributed by atoms with Crippen molar-refractivity contribution in [2.45, 2.75) is 6.54 Å². The number of nitrogens with one attached hydrogen (secondary N) is 2. The second-order valence-electron chi connectivity index (χ2n) is 6.94. The highest BCUT2D eigenvalue weighted by molar-refractivity contribution is 5.93. The Morgan fingerprint density at radius 2 is 1.97 bits per heavy atom. The van der Waals surface area contributed by atoms with Crippen molar-refractivity contribution in [2.75, 3.05) is 6.54 Å². The zero-order valence-electron chi connectivity index (χ0n) is 16.9. The van der Waals surface area contributed by atoms with E-state index in [1.165, 1.54) is 18.7 Å². The van der Waals surface area contributed by atoms with Crippen LogP contribution in [0.1, 0.15) is 21.5 Å². The number of carbonyl (C=O) groups excluding carboxylic acids is 1. The van der Waals surface area contributed by atoms with Crippen molar-refractivity contribution < 1.29 is 13.6 Å². The number of hydrogen-bond acceptors (Lipinski definition) is 5. The zero-order valence-corrected chi connectivity index (χ0v) is 16.9. The third-order valence-corrected chi connectivity index (χ3v) is 4.69. The van der Waals surface area contributed by atoms with E-state index in [1.54, 1.807) is 18.2 Å². The fourth-order valence-electron chi connectivity index (χ4n) is 3.07. The minimum atomic E-state index is -1.03. The fourth-order valence-corrected chi connectivity index (χ4v) is 3.07. The number of hydrogen-bond donors (Lipinski definition) is 2. The number of benzene rings is 2. The van der Waals surface area contributed by atoms with Crippen molar-refractivity contribution in [3.63, 3.8) is 0 Å². The minimum Gasteiger partial charge on any atom is -0.341 e. The number of H-pyrrole nitrogens is 1. The van der Waals surface area contributed by atoms with Crippen LogP contribution in [0.2, 0.25) is 0 Å². The summed E-state index contributed by atoms with van der Waals surface area (Å²) in [6.07, 6.45) is 3.64. The van der Waals surface area contributed by atoms with Gasteiger partial charge in [0.2, 0.25) is 0 Å². The summed E-state index contributed by atoms with van der Waals surface area (Å²) in [6, 6.07) is 8.22. The van der Waals surface area contributed by atoms with Gasteiger partial charge in [-0.15, -0.1) is 0 Å². The minimum absolute atomic E-state index is 0.0578. The van der Waals surface area contributed by atoms with Gasteiger partial charge in [0.05, 0.1) is 36.6 Å². The lowest BCUT2D eigenvalue weighted by atomic mass is 10.1. The van der Waals surface area contributed by atoms with Crippen molar-refractivity contribution in [1.29, 1.82) is 0 Å². The van der Waals surface area contributed by atoms with Gasteiger partial charge in [0.1, 0.15) is 5.56 Å². The molecule has 4 aromatic rings. The van der Waals surface area contributed by atoms with Crippen LogP contribution in [0.4, 0.5) is 8.78 Å². The van der Waals surface area contributed by atoms with E-state index in [2.05, 4.69) is 32.1 Å². The van der Waals surface area contributed by atoms with Crippen molar-refractivity contribution in [3.8, 4) is 11.8 Å². The van der Waals surface area contributed by atoms with Crippen LogP contribution in [0.3, 0.4) is 0 Å². The van der Waals surface area contributed by atoms with Gasteiger partial charge in [0.25, 0.3) is 17.0 Å². The molecule has 0 spiro atoms. The topological polar surface area (TPSA) is 110 Å². The number of carbonyl (C=O) groups is 1. The molecule has 4 rings (SSSR count). The maximum Gasteiger partial charge on any atom is 0.266 e. The molecule has 2 N–H and O–H groups in total. The third kappa shape index (κ3) is 4.83. The molecule has 2 aromatic carbocycles. The van der Waals surface area contributed by atoms with Gasteiger partial charge in [-0.1, -0.05) is 17.9 Å². The monoisotopic (exact) mass is 447 g/mol. The molecule has 33 heavy (non-hydrogen) atoms. The fraction of sp³-hybridized carbons (Fsp3) is 0.0870. The number of nitrogens with zero attached hydrogens (tertiary/aromatic N) is 3. The van der Waals surface area contributed by atoms with Crippen LogP contribution >= 0.6 is 0 Å². The molecule has 1 amide bonds. The zero-order chi connectivity index (χ0) is 23.4. The lowest BCUT2D eigenvalue weighted by Crippen LogP contribution is -2.33. The van der Waals surface area contributed by atoms with E-state index >= 15 is 0 Å². The Morgan fingerprint density at radius 1 is 1.12 bits per heavy atom. The lowest BCUT2D eigenvalue weighted by molar-refractivity contribution is 0.0956. The number of aromatic amines is 1. The van der Waals surface area contributed by atoms with Crippen molar-refractivity contribution in [1.82, 2.24) is 24.8 Å². The Morgan fingerprint density at radius 3 is 2.79 bits per heavy atom. The first-order chi connectivity index (χ1) is 15.9. The Hall–Kier alpha value is -4.65. The molecular weight excluding hydrogens is 432 g/mol. The van der Waals surface area contributed by atoms with E-state index in [0.29, 0.717) is 22.0 Å². The summed E-state index contributed by atoms with van der Waals surface area (Å²) in [4.78, 5) is 47.3. The number of halogens is 2. The van der Waals surface area contributed by atoms with Gasteiger partial charge < -0.3 is 10.3 Å². The summed E-state index contributed by atoms with van der Waals surface area (Å²) in [5.74, 6) is 2.87. The van der Waals surface area contributed by atoms with E-state index in [4.69, 9.17) is 0 Å². The summed E-state index contributed by atoms with van der Waals surface area (Å²) in [5.41, 5.74) is 0.296. The average molecular weight is 447 g/mol. The number of fused-ring (bicyclic) bond motifs is 1. The van der Waals surface area contributed by atoms with Crippen LogP contribution in [0.25, 0.3) is 10.9 Å². The first kappa shape index (κ1) is 21.6. The summed E-state index contributed by atoms with van der Waals surface area (Å²) in [5, 5.41) is 2.90. The van der Waals surface area contributed by atoms with E-state index in [-0.39, 0.29) is 24.2 Å². The molecule has 0 aliphatic rings. The van der Waals surface area contributed by atoms with Gasteiger partial charge >= 0.3 is 0 Å². The first-order valence-corrected chi connectivity index (χ1v) is 9.65. The number of rotatable bonds is 4. The van der Waals surface area contributed by atoms with Gasteiger partial charge in [0.15, 0.2) is 11.6 Å². The molecule has 0 unspecified atom stereocenters. The molecule has 2 heterocycles. The maximum absolute atomic E-state index is 13.4. The van der Waals surface area contributed by atoms with Gasteiger partial charge in [-0.25, -0.2) is 18.7 Å². The Kier molecular flexibility index (Phi) is 6.04. The molecule has 0 saturated heterocycles. The van der Waals surface area contributed by atoms with Gasteiger partial charge in [0, 0.05) is 11.8 Å². The largest absolute Gasteiger partial charge is 0.341 e. The molecule has 0 aliphatic heterocycles. The number of amides is 1. The summed E-state index contributed by atoms with van der Waals surface area (Å²) < 4.78 is 27.6. The second kappa shape index (κ2) is 9.23. The molecule has 2 aromatic heterocycles. The molecule has 0 fully saturated rings. The predicted octanol–water partition coefficient (Wildman–Crippen LogP) is 1.59. The summed E-state index contributed by atoms with van der Waals surface area (Å²) >= 11 is 0. The van der Waals surface area contributed by atoms with Crippen molar-refractivity contribution in [2.24, 2.45) is 0 Å². The molecular formula is C23H15F2N5O3. The normalized spacial score (nSPS) is 10.5. The molecule has 0 saturated carbocycles. The van der Waals surface area contributed by atoms with E-state index in [0.717, 1.165) is 22.9 Å². The van der Waals surface area contributed by atoms with Crippen LogP contribution in [0.5, 0.6) is 0 Å². The summed E-state index contributed by atoms with van der Waals surface area (Å²) in [7, 11) is 0. The van der Waals surface area contributed by atoms with Gasteiger partial charge in [-0.3, -0.25) is 19.0 Å². The van der Waals surface area contributed by atoms with Gasteiger partial charge in [-0.05, 0) is 35.9 Å². The maximum atomic E-state index is 13.4. The van der Waals surface area contributed by atoms with E-state index in [9.17, 15) is 23.2 Å². The number of aromatic nitrogens is 4. The molecule has 0 atom stereocenters. The molecule has 164 valence electrons. The Bertz CT molecular complexity index is 1550. The predicted molar refractivity (Wildman–Crippen MR) is 116 cm³/mol. The smallest absolute Gasteiger partial charge is 0.266 e. The van der Waals surface area contributed by atoms with Crippen LogP contribution in [-0.2, 0) is 6.54 Å². The SMILES string of the molecule is O=C(NCC#Cc1ccc2nc[nH]c(=O)c2c1)c1cncn(Cc2ccc(F)c(F)c2)c1=O. The van der Waals surface area contributed by atoms with Crippen LogP contribution in [0, 0.1) is 23.5 Å². The standard InChI is InChI=1S/C23H15F2N5O3/c24-18-5-3-15(9-19(18)25)11-30-13-26-10-17(23(30)33)22(32)27-7-1-2-14-4-6-20-16(8-14)21(31)29-12-28-20/h3-6,8-10,12-13H,7,11H2,(H,27,32)(H,28,29,31). The third-order valence-electron chi connectivity index (χ3n) is 4.69. The average Bonchev–Trinajstić information content (AvgIpc) is 2.81. The highest BCUT2D eigenvalue weighted by Crippen LogP contribution is 2.10. The molecule has 10 heteroatoms. The highest BCUT2D eigenvalue weighted by Gasteiger charge is 2.13. The quantitative estimate of drug-likeness (QED) is 0.462. The van der Waals surface area contributed by atoms with Crippen molar-refractivity contribution in [3.05, 3.63) is 104 Å². The van der Waals surface area contributed by atoms with Gasteiger partial charge in [-0.2, -0.15) is 0 Å². The van der Waals surface area contributed by atoms with Crippen LogP contribution in [-0.4, -0.2) is 32.0 Å². The molecule has 0 radical (unpaired) electrons. The lowest BCUT2D eigenvalue weighted by Gasteiger charge is -2.08. The molecule has 8 nitrogen and oxygen atoms in total. The van der Waals surface area contributed by atoms with Crippen LogP contribution in [0.15, 0.2) is 64.8 Å². The molecule has 0 bridgehead atoms. The first-order valence-electron chi connectivity index (χ1n) is 9.65. The highest BCUT2D eigenvalue weighted by atomic mass is 19.2. The Labute approximate surface area is 185 Å². The van der Waals surface area contributed by atoms with Crippen LogP contribution < -0.4 is 16.4 Å². The van der Waals surface area contributed by atoms with Crippen molar-refractivity contribution >= 4 is 16.8 Å². The van der Waals surface area contributed by atoms with E-state index in [1.807, 2.05) is 0 Å². The van der Waals surface area contributed by atoms with E-state index < -0.39 is 23.1 Å². The summed E-state index contributed by atoms with van der Waals surface area (Å²) in [6.45, 7) is -0.141. The molecule has 0 aliphatic carbocycles. The second-order valence-corrected chi connectivity index (χ2v) is 6.94.